The first-order valence-corrected chi connectivity index (χ1v) is 17.0. The molecule has 2 aliphatic carbocycles. The number of carbonyl (C=O) groups is 1. The predicted molar refractivity (Wildman–Crippen MR) is 181 cm³/mol. The van der Waals surface area contributed by atoms with E-state index in [0.29, 0.717) is 11.3 Å². The van der Waals surface area contributed by atoms with Crippen molar-refractivity contribution in [3.63, 3.8) is 0 Å². The molecule has 5 nitrogen and oxygen atoms in total. The number of hydrogen-bond acceptors (Lipinski definition) is 5. The summed E-state index contributed by atoms with van der Waals surface area (Å²) in [5, 5.41) is 8.09. The van der Waals surface area contributed by atoms with E-state index in [4.69, 9.17) is 11.7 Å². The van der Waals surface area contributed by atoms with Crippen LogP contribution in [0.25, 0.3) is 16.2 Å². The number of Topliss-reactive ketones (excluding diaryl/α,β-unsaturated/α-hetero) is 1. The third kappa shape index (κ3) is 6.78. The number of nitrogens with zero attached hydrogens (tertiary/aromatic N) is 3. The smallest absolute Gasteiger partial charge is 0.194 e. The van der Waals surface area contributed by atoms with Gasteiger partial charge in [0, 0.05) is 38.5 Å². The number of halogens is 1. The number of imidazole rings is 1. The monoisotopic (exact) mass is 695 g/mol. The fraction of sp³-hybridized carbons (Fsp3) is 0.344. The maximum atomic E-state index is 12.4. The number of aromatic nitrogens is 3. The van der Waals surface area contributed by atoms with Gasteiger partial charge < -0.3 is 4.57 Å². The van der Waals surface area contributed by atoms with Crippen molar-refractivity contribution in [2.45, 2.75) is 71.8 Å². The Bertz CT molecular complexity index is 1720. The third-order valence-corrected chi connectivity index (χ3v) is 10.0. The van der Waals surface area contributed by atoms with Gasteiger partial charge in [0.15, 0.2) is 21.2 Å². The molecule has 2 aliphatic rings. The SMILES string of the molecule is Cc1ccc(-c2cn3c4c(sc3n2)CCCC4)cc1.Cc1ccc(C(=O)Cn2c3c(sc2=N)CCCC3)cc1.[3H][B]I. The van der Waals surface area contributed by atoms with E-state index in [2.05, 4.69) is 41.8 Å². The minimum Gasteiger partial charge on any atom is -0.313 e. The Morgan fingerprint density at radius 1 is 0.927 bits per heavy atom. The molecule has 0 bridgehead atoms. The van der Waals surface area contributed by atoms with Crippen LogP contribution in [0.5, 0.6) is 0 Å². The Kier molecular flexibility index (Phi) is 9.53. The highest BCUT2D eigenvalue weighted by atomic mass is 127. The minimum atomic E-state index is 0.0923. The van der Waals surface area contributed by atoms with Crippen LogP contribution in [0.4, 0.5) is 0 Å². The molecule has 2 aromatic carbocycles. The zero-order chi connectivity index (χ0) is 29.6. The van der Waals surface area contributed by atoms with Gasteiger partial charge in [0.25, 0.3) is 0 Å². The average molecular weight is 696 g/mol. The number of rotatable bonds is 4. The predicted octanol–water partition coefficient (Wildman–Crippen LogP) is 7.59. The molecule has 9 heteroatoms. The van der Waals surface area contributed by atoms with Gasteiger partial charge in [-0.15, -0.1) is 22.7 Å². The van der Waals surface area contributed by atoms with Crippen LogP contribution in [-0.2, 0) is 32.2 Å². The van der Waals surface area contributed by atoms with E-state index in [0.717, 1.165) is 34.6 Å². The molecule has 0 amide bonds. The molecule has 0 unspecified atom stereocenters. The highest BCUT2D eigenvalue weighted by Crippen LogP contribution is 2.32. The summed E-state index contributed by atoms with van der Waals surface area (Å²) in [6.07, 6.45) is 11.8. The average Bonchev–Trinajstić information content (AvgIpc) is 3.65. The van der Waals surface area contributed by atoms with E-state index >= 15 is 0 Å². The quantitative estimate of drug-likeness (QED) is 0.120. The van der Waals surface area contributed by atoms with Crippen LogP contribution in [0.3, 0.4) is 0 Å². The number of fused-ring (bicyclic) bond motifs is 4. The second kappa shape index (κ2) is 13.7. The molecule has 0 saturated carbocycles. The summed E-state index contributed by atoms with van der Waals surface area (Å²) in [4.78, 5) is 21.7. The molecule has 0 aliphatic heterocycles. The molecule has 3 aromatic heterocycles. The number of carbonyl (C=O) groups excluding carboxylic acids is 1. The standard InChI is InChI=1S/C16H18N2OS.C16H16N2S.BHI/c1-11-6-8-12(9-7-11)14(19)10-18-13-4-2-3-5-15(13)20-16(18)17;1-11-6-8-12(9-7-11)13-10-18-14-4-2-3-5-15(14)19-16(18)17-13;1-2/h6-9,17H,2-5,10H2,1H3;6-10H,2-5H2,1H3;1H/i;;1T. The van der Waals surface area contributed by atoms with E-state index in [-0.39, 0.29) is 5.78 Å². The normalized spacial score (nSPS) is 14.1. The van der Waals surface area contributed by atoms with Crippen molar-refractivity contribution >= 4 is 61.5 Å². The van der Waals surface area contributed by atoms with E-state index < -0.39 is 0 Å². The van der Waals surface area contributed by atoms with E-state index in [9.17, 15) is 4.79 Å². The maximum absolute atomic E-state index is 12.4. The van der Waals surface area contributed by atoms with Crippen LogP contribution in [0.1, 0.15) is 68.3 Å². The first-order valence-electron chi connectivity index (χ1n) is 14.7. The molecule has 41 heavy (non-hydrogen) atoms. The topological polar surface area (TPSA) is 63.2 Å². The third-order valence-electron chi connectivity index (χ3n) is 7.77. The van der Waals surface area contributed by atoms with Crippen LogP contribution in [-0.4, -0.2) is 26.7 Å². The lowest BCUT2D eigenvalue weighted by molar-refractivity contribution is 0.0969. The van der Waals surface area contributed by atoms with Gasteiger partial charge in [-0.25, -0.2) is 4.98 Å². The van der Waals surface area contributed by atoms with Gasteiger partial charge in [-0.3, -0.25) is 14.6 Å². The van der Waals surface area contributed by atoms with E-state index in [1.807, 2.05) is 69.5 Å². The molecule has 1 radical (unpaired) electrons. The fourth-order valence-corrected chi connectivity index (χ4v) is 7.81. The van der Waals surface area contributed by atoms with Crippen molar-refractivity contribution in [2.24, 2.45) is 0 Å². The van der Waals surface area contributed by atoms with Gasteiger partial charge in [0.2, 0.25) is 0 Å². The second-order valence-corrected chi connectivity index (χ2v) is 12.8. The molecule has 1 N–H and O–H groups in total. The molecular formula is C32H35BIN4OS2. The number of benzene rings is 2. The summed E-state index contributed by atoms with van der Waals surface area (Å²) in [6, 6.07) is 16.3. The van der Waals surface area contributed by atoms with Crippen molar-refractivity contribution < 1.29 is 4.79 Å². The van der Waals surface area contributed by atoms with Gasteiger partial charge in [-0.2, -0.15) is 22.4 Å². The Morgan fingerprint density at radius 2 is 1.49 bits per heavy atom. The summed E-state index contributed by atoms with van der Waals surface area (Å²) in [5.41, 5.74) is 9.43. The van der Waals surface area contributed by atoms with Crippen molar-refractivity contribution in [3.05, 3.63) is 97.4 Å². The summed E-state index contributed by atoms with van der Waals surface area (Å²) in [7, 11) is 0. The molecule has 0 spiro atoms. The molecule has 211 valence electrons. The Balaban J connectivity index is 0.000000154. The Labute approximate surface area is 265 Å². The number of thiazole rings is 2. The lowest BCUT2D eigenvalue weighted by Gasteiger charge is -2.14. The van der Waals surface area contributed by atoms with Gasteiger partial charge in [-0.05, 0) is 66.5 Å². The highest BCUT2D eigenvalue weighted by molar-refractivity contribution is 14.1. The first-order chi connectivity index (χ1) is 20.4. The second-order valence-electron chi connectivity index (χ2n) is 10.7. The zero-order valence-electron chi connectivity index (χ0n) is 24.6. The van der Waals surface area contributed by atoms with Crippen LogP contribution < -0.4 is 4.80 Å². The van der Waals surface area contributed by atoms with Crippen molar-refractivity contribution in [3.8, 4) is 11.3 Å². The summed E-state index contributed by atoms with van der Waals surface area (Å²) >= 11 is 5.23. The van der Waals surface area contributed by atoms with Gasteiger partial charge in [0.05, 0.1) is 12.2 Å². The fourth-order valence-electron chi connectivity index (χ4n) is 5.52. The molecule has 0 saturated heterocycles. The molecule has 0 fully saturated rings. The molecule has 5 aromatic rings. The molecular weight excluding hydrogens is 658 g/mol. The van der Waals surface area contributed by atoms with Crippen molar-refractivity contribution in [2.75, 3.05) is 0 Å². The molecule has 3 heterocycles. The lowest BCUT2D eigenvalue weighted by Crippen LogP contribution is -2.22. The van der Waals surface area contributed by atoms with Crippen molar-refractivity contribution in [1.29, 1.82) is 6.74 Å². The number of nitrogens with one attached hydrogen (secondary N) is 1. The van der Waals surface area contributed by atoms with Crippen LogP contribution >= 0.6 is 45.0 Å². The van der Waals surface area contributed by atoms with Crippen LogP contribution in [0.2, 0.25) is 0 Å². The van der Waals surface area contributed by atoms with E-state index in [1.165, 1.54) is 82.9 Å². The lowest BCUT2D eigenvalue weighted by atomic mass is 10.0. The summed E-state index contributed by atoms with van der Waals surface area (Å²) < 4.78 is 10.3. The zero-order valence-corrected chi connectivity index (χ0v) is 27.4. The highest BCUT2D eigenvalue weighted by Gasteiger charge is 2.19. The van der Waals surface area contributed by atoms with Gasteiger partial charge in [-0.1, -0.05) is 59.7 Å². The first kappa shape index (κ1) is 28.6. The molecule has 0 atom stereocenters. The van der Waals surface area contributed by atoms with Gasteiger partial charge in [0.1, 0.15) is 0 Å². The molecule has 7 rings (SSSR count). The number of aryl methyl sites for hydroxylation is 5. The Hall–Kier alpha value is -2.50. The maximum Gasteiger partial charge on any atom is 0.194 e. The summed E-state index contributed by atoms with van der Waals surface area (Å²) in [5.74, 6) is 0.0923. The summed E-state index contributed by atoms with van der Waals surface area (Å²) in [6.45, 7) is 4.43. The van der Waals surface area contributed by atoms with E-state index in [1.54, 1.807) is 4.88 Å². The van der Waals surface area contributed by atoms with Gasteiger partial charge >= 0.3 is 0 Å². The van der Waals surface area contributed by atoms with Crippen LogP contribution in [0, 0.1) is 19.3 Å². The minimum absolute atomic E-state index is 0.0923. The van der Waals surface area contributed by atoms with Crippen molar-refractivity contribution in [1.82, 2.24) is 14.0 Å². The van der Waals surface area contributed by atoms with Crippen LogP contribution in [0.15, 0.2) is 54.7 Å². The number of hydrogen-bond donors (Lipinski definition) is 1. The number of ketones is 1. The largest absolute Gasteiger partial charge is 0.313 e. The Morgan fingerprint density at radius 3 is 2.15 bits per heavy atom.